The van der Waals surface area contributed by atoms with Gasteiger partial charge in [-0.1, -0.05) is 13.8 Å². The van der Waals surface area contributed by atoms with Gasteiger partial charge in [-0.2, -0.15) is 5.10 Å². The highest BCUT2D eigenvalue weighted by Gasteiger charge is 2.62. The van der Waals surface area contributed by atoms with Crippen molar-refractivity contribution in [1.82, 2.24) is 20.0 Å². The molecule has 2 atom stereocenters. The Morgan fingerprint density at radius 3 is 2.38 bits per heavy atom. The van der Waals surface area contributed by atoms with Gasteiger partial charge in [0.05, 0.1) is 11.3 Å². The van der Waals surface area contributed by atoms with Gasteiger partial charge >= 0.3 is 0 Å². The van der Waals surface area contributed by atoms with Crippen molar-refractivity contribution in [3.8, 4) is 11.5 Å². The Labute approximate surface area is 142 Å². The fraction of sp³-hybridized carbons (Fsp3) is 0.737. The van der Waals surface area contributed by atoms with Crippen LogP contribution in [0.1, 0.15) is 64.0 Å². The van der Waals surface area contributed by atoms with Crippen molar-refractivity contribution in [2.45, 2.75) is 64.7 Å². The third kappa shape index (κ3) is 1.96. The van der Waals surface area contributed by atoms with Gasteiger partial charge in [-0.05, 0) is 62.2 Å². The Hall–Kier alpha value is -1.65. The van der Waals surface area contributed by atoms with Gasteiger partial charge in [-0.3, -0.25) is 4.68 Å². The largest absolute Gasteiger partial charge is 0.420 e. The van der Waals surface area contributed by atoms with Crippen molar-refractivity contribution in [2.24, 2.45) is 23.8 Å². The van der Waals surface area contributed by atoms with Gasteiger partial charge in [0.2, 0.25) is 5.89 Å². The van der Waals surface area contributed by atoms with E-state index in [9.17, 15) is 0 Å². The van der Waals surface area contributed by atoms with E-state index >= 15 is 0 Å². The minimum Gasteiger partial charge on any atom is -0.420 e. The van der Waals surface area contributed by atoms with Gasteiger partial charge in [0.25, 0.3) is 5.89 Å². The van der Waals surface area contributed by atoms with Gasteiger partial charge in [-0.25, -0.2) is 0 Å². The third-order valence-corrected chi connectivity index (χ3v) is 6.75. The number of aryl methyl sites for hydroxylation is 2. The van der Waals surface area contributed by atoms with Gasteiger partial charge < -0.3 is 4.42 Å². The zero-order valence-corrected chi connectivity index (χ0v) is 15.1. The standard InChI is InChI=1S/C19H26N4O/c1-12-14(8-23(4)22-12)15-20-21-16(24-15)19-7-13-5-17(2,10-19)9-18(3,6-13)11-19/h8,13H,5-7,9-11H2,1-4H3. The molecule has 0 aliphatic heterocycles. The summed E-state index contributed by atoms with van der Waals surface area (Å²) >= 11 is 0. The summed E-state index contributed by atoms with van der Waals surface area (Å²) in [5.74, 6) is 2.33. The van der Waals surface area contributed by atoms with Crippen LogP contribution in [0.3, 0.4) is 0 Å². The molecule has 2 aromatic heterocycles. The number of aromatic nitrogens is 4. The van der Waals surface area contributed by atoms with Crippen molar-refractivity contribution in [3.05, 3.63) is 17.8 Å². The fourth-order valence-electron chi connectivity index (χ4n) is 7.04. The first kappa shape index (κ1) is 14.7. The Kier molecular flexibility index (Phi) is 2.63. The van der Waals surface area contributed by atoms with E-state index in [0.717, 1.165) is 23.1 Å². The SMILES string of the molecule is Cc1nn(C)cc1-c1nnc(C23CC4CC(C)(CC(C)(C4)C2)C3)o1. The molecule has 4 aliphatic carbocycles. The molecule has 4 bridgehead atoms. The molecule has 4 aliphatic rings. The highest BCUT2D eigenvalue weighted by Crippen LogP contribution is 2.69. The molecule has 0 spiro atoms. The van der Waals surface area contributed by atoms with Crippen molar-refractivity contribution in [2.75, 3.05) is 0 Å². The average molecular weight is 326 g/mol. The Morgan fingerprint density at radius 1 is 1.08 bits per heavy atom. The van der Waals surface area contributed by atoms with E-state index in [1.54, 1.807) is 4.68 Å². The Morgan fingerprint density at radius 2 is 1.79 bits per heavy atom. The lowest BCUT2D eigenvalue weighted by atomic mass is 9.40. The molecule has 128 valence electrons. The maximum absolute atomic E-state index is 6.26. The summed E-state index contributed by atoms with van der Waals surface area (Å²) in [6.07, 6.45) is 9.74. The molecular weight excluding hydrogens is 300 g/mol. The topological polar surface area (TPSA) is 56.7 Å². The third-order valence-electron chi connectivity index (χ3n) is 6.75. The van der Waals surface area contributed by atoms with Crippen molar-refractivity contribution >= 4 is 0 Å². The molecule has 5 heteroatoms. The fourth-order valence-corrected chi connectivity index (χ4v) is 7.04. The van der Waals surface area contributed by atoms with Crippen LogP contribution in [0.25, 0.3) is 11.5 Å². The van der Waals surface area contributed by atoms with Gasteiger partial charge in [0, 0.05) is 18.7 Å². The quantitative estimate of drug-likeness (QED) is 0.836. The average Bonchev–Trinajstić information content (AvgIpc) is 3.01. The smallest absolute Gasteiger partial charge is 0.251 e. The molecule has 2 aromatic rings. The summed E-state index contributed by atoms with van der Waals surface area (Å²) in [5, 5.41) is 13.3. The van der Waals surface area contributed by atoms with Crippen LogP contribution >= 0.6 is 0 Å². The molecule has 4 fully saturated rings. The van der Waals surface area contributed by atoms with Crippen molar-refractivity contribution in [1.29, 1.82) is 0 Å². The van der Waals surface area contributed by atoms with Gasteiger partial charge in [0.15, 0.2) is 0 Å². The minimum atomic E-state index is 0.101. The molecule has 4 saturated carbocycles. The molecule has 24 heavy (non-hydrogen) atoms. The molecule has 0 N–H and O–H groups in total. The van der Waals surface area contributed by atoms with E-state index < -0.39 is 0 Å². The number of nitrogens with zero attached hydrogens (tertiary/aromatic N) is 4. The van der Waals surface area contributed by atoms with Crippen LogP contribution in [-0.2, 0) is 12.5 Å². The lowest BCUT2D eigenvalue weighted by Crippen LogP contribution is -2.57. The molecule has 0 radical (unpaired) electrons. The molecule has 2 unspecified atom stereocenters. The van der Waals surface area contributed by atoms with Crippen LogP contribution in [0, 0.1) is 23.7 Å². The summed E-state index contributed by atoms with van der Waals surface area (Å²) in [6.45, 7) is 6.95. The number of rotatable bonds is 2. The molecule has 2 heterocycles. The van der Waals surface area contributed by atoms with E-state index in [0.29, 0.717) is 16.7 Å². The predicted octanol–water partition coefficient (Wildman–Crippen LogP) is 4.03. The van der Waals surface area contributed by atoms with Crippen LogP contribution in [0.2, 0.25) is 0 Å². The summed E-state index contributed by atoms with van der Waals surface area (Å²) in [7, 11) is 1.93. The maximum Gasteiger partial charge on any atom is 0.251 e. The van der Waals surface area contributed by atoms with E-state index in [1.165, 1.54) is 38.5 Å². The second-order valence-corrected chi connectivity index (χ2v) is 9.62. The van der Waals surface area contributed by atoms with Crippen LogP contribution < -0.4 is 0 Å². The van der Waals surface area contributed by atoms with Crippen LogP contribution in [-0.4, -0.2) is 20.0 Å². The van der Waals surface area contributed by atoms with Crippen LogP contribution in [0.5, 0.6) is 0 Å². The van der Waals surface area contributed by atoms with Gasteiger partial charge in [0.1, 0.15) is 0 Å². The van der Waals surface area contributed by atoms with Crippen LogP contribution in [0.15, 0.2) is 10.6 Å². The monoisotopic (exact) mass is 326 g/mol. The number of hydrogen-bond donors (Lipinski definition) is 0. The van der Waals surface area contributed by atoms with E-state index in [1.807, 2.05) is 20.2 Å². The van der Waals surface area contributed by atoms with Gasteiger partial charge in [-0.15, -0.1) is 10.2 Å². The predicted molar refractivity (Wildman–Crippen MR) is 90.3 cm³/mol. The summed E-state index contributed by atoms with van der Waals surface area (Å²) in [5.41, 5.74) is 2.90. The first-order chi connectivity index (χ1) is 11.3. The Balaban J connectivity index is 1.56. The van der Waals surface area contributed by atoms with E-state index in [2.05, 4.69) is 29.1 Å². The molecule has 5 nitrogen and oxygen atoms in total. The normalized spacial score (nSPS) is 40.4. The van der Waals surface area contributed by atoms with E-state index in [4.69, 9.17) is 4.42 Å². The molecule has 0 saturated heterocycles. The molecule has 6 rings (SSSR count). The maximum atomic E-state index is 6.26. The highest BCUT2D eigenvalue weighted by atomic mass is 16.4. The minimum absolute atomic E-state index is 0.101. The summed E-state index contributed by atoms with van der Waals surface area (Å²) < 4.78 is 8.07. The zero-order valence-electron chi connectivity index (χ0n) is 15.1. The molecule has 0 aromatic carbocycles. The first-order valence-electron chi connectivity index (χ1n) is 9.13. The number of hydrogen-bond acceptors (Lipinski definition) is 4. The zero-order chi connectivity index (χ0) is 16.7. The van der Waals surface area contributed by atoms with E-state index in [-0.39, 0.29) is 5.41 Å². The van der Waals surface area contributed by atoms with Crippen molar-refractivity contribution in [3.63, 3.8) is 0 Å². The highest BCUT2D eigenvalue weighted by molar-refractivity contribution is 5.54. The molecular formula is C19H26N4O. The first-order valence-corrected chi connectivity index (χ1v) is 9.13. The lowest BCUT2D eigenvalue weighted by molar-refractivity contribution is -0.117. The van der Waals surface area contributed by atoms with Crippen molar-refractivity contribution < 1.29 is 4.42 Å². The summed E-state index contributed by atoms with van der Waals surface area (Å²) in [6, 6.07) is 0. The van der Waals surface area contributed by atoms with Crippen LogP contribution in [0.4, 0.5) is 0 Å². The summed E-state index contributed by atoms with van der Waals surface area (Å²) in [4.78, 5) is 0. The molecule has 0 amide bonds. The second kappa shape index (κ2) is 4.30. The second-order valence-electron chi connectivity index (χ2n) is 9.62. The Bertz CT molecular complexity index is 801. The lowest BCUT2D eigenvalue weighted by Gasteiger charge is -2.64.